The van der Waals surface area contributed by atoms with E-state index in [1.54, 1.807) is 11.3 Å². The average molecular weight is 306 g/mol. The van der Waals surface area contributed by atoms with Gasteiger partial charge in [-0.25, -0.2) is 0 Å². The monoisotopic (exact) mass is 306 g/mol. The lowest BCUT2D eigenvalue weighted by molar-refractivity contribution is 0.0972. The van der Waals surface area contributed by atoms with Crippen LogP contribution >= 0.6 is 11.3 Å². The Morgan fingerprint density at radius 1 is 1.33 bits per heavy atom. The second-order valence-electron chi connectivity index (χ2n) is 6.96. The van der Waals surface area contributed by atoms with Crippen molar-refractivity contribution in [3.05, 3.63) is 10.4 Å². The molecule has 4 heteroatoms. The molecule has 0 bridgehead atoms. The molecule has 2 aliphatic rings. The Kier molecular flexibility index (Phi) is 4.25. The molecule has 0 aromatic carbocycles. The van der Waals surface area contributed by atoms with Crippen LogP contribution in [0.25, 0.3) is 0 Å². The molecule has 0 radical (unpaired) electrons. The largest absolute Gasteiger partial charge is 0.397 e. The summed E-state index contributed by atoms with van der Waals surface area (Å²) in [5.41, 5.74) is 8.34. The zero-order valence-corrected chi connectivity index (χ0v) is 13.9. The number of Topliss-reactive ketones (excluding diaryl/α,β-unsaturated/α-hetero) is 1. The van der Waals surface area contributed by atoms with E-state index >= 15 is 0 Å². The van der Waals surface area contributed by atoms with E-state index in [9.17, 15) is 4.79 Å². The van der Waals surface area contributed by atoms with Crippen LogP contribution in [0.15, 0.2) is 0 Å². The number of carbonyl (C=O) groups excluding carboxylic acids is 1. The standard InChI is InChI=1S/C17H26N2OS/c1-10(2)4-3-9-19-17-13(11-5-6-11)14(18)16(21-17)15(20)12-7-8-12/h10-12,19H,3-9,18H2,1-2H3. The van der Waals surface area contributed by atoms with Crippen molar-refractivity contribution in [1.82, 2.24) is 0 Å². The molecule has 1 heterocycles. The molecule has 2 fully saturated rings. The van der Waals surface area contributed by atoms with E-state index in [0.717, 1.165) is 35.9 Å². The minimum atomic E-state index is 0.256. The van der Waals surface area contributed by atoms with E-state index in [1.807, 2.05) is 0 Å². The number of anilines is 2. The van der Waals surface area contributed by atoms with Crippen LogP contribution in [0, 0.1) is 11.8 Å². The van der Waals surface area contributed by atoms with E-state index in [-0.39, 0.29) is 11.7 Å². The first-order valence-electron chi connectivity index (χ1n) is 8.28. The second kappa shape index (κ2) is 5.99. The lowest BCUT2D eigenvalue weighted by atomic mass is 10.1. The van der Waals surface area contributed by atoms with Crippen molar-refractivity contribution in [2.24, 2.45) is 11.8 Å². The Labute approximate surface area is 131 Å². The van der Waals surface area contributed by atoms with Gasteiger partial charge in [0.25, 0.3) is 0 Å². The van der Waals surface area contributed by atoms with Crippen molar-refractivity contribution < 1.29 is 4.79 Å². The Bertz CT molecular complexity index is 527. The number of nitrogens with two attached hydrogens (primary N) is 1. The molecular formula is C17H26N2OS. The van der Waals surface area contributed by atoms with Gasteiger partial charge in [0.15, 0.2) is 5.78 Å². The molecule has 3 nitrogen and oxygen atoms in total. The van der Waals surface area contributed by atoms with Gasteiger partial charge in [0.1, 0.15) is 0 Å². The van der Waals surface area contributed by atoms with Crippen LogP contribution in [0.4, 0.5) is 10.7 Å². The van der Waals surface area contributed by atoms with Gasteiger partial charge in [0.05, 0.1) is 15.6 Å². The summed E-state index contributed by atoms with van der Waals surface area (Å²) in [6.45, 7) is 5.49. The molecule has 116 valence electrons. The molecule has 0 amide bonds. The molecule has 1 aromatic heterocycles. The van der Waals surface area contributed by atoms with Crippen molar-refractivity contribution in [3.63, 3.8) is 0 Å². The van der Waals surface area contributed by atoms with Gasteiger partial charge in [-0.2, -0.15) is 0 Å². The summed E-state index contributed by atoms with van der Waals surface area (Å²) in [5.74, 6) is 1.88. The number of thiophene rings is 1. The summed E-state index contributed by atoms with van der Waals surface area (Å²) >= 11 is 1.60. The predicted molar refractivity (Wildman–Crippen MR) is 90.3 cm³/mol. The minimum Gasteiger partial charge on any atom is -0.397 e. The van der Waals surface area contributed by atoms with Crippen LogP contribution in [-0.4, -0.2) is 12.3 Å². The number of nitrogen functional groups attached to an aromatic ring is 1. The third-order valence-electron chi connectivity index (χ3n) is 4.38. The van der Waals surface area contributed by atoms with E-state index in [0.29, 0.717) is 5.92 Å². The zero-order valence-electron chi connectivity index (χ0n) is 13.1. The summed E-state index contributed by atoms with van der Waals surface area (Å²) in [5, 5.41) is 4.72. The van der Waals surface area contributed by atoms with Crippen LogP contribution < -0.4 is 11.1 Å². The van der Waals surface area contributed by atoms with Crippen LogP contribution in [-0.2, 0) is 0 Å². The van der Waals surface area contributed by atoms with Crippen molar-refractivity contribution in [2.45, 2.75) is 58.3 Å². The smallest absolute Gasteiger partial charge is 0.178 e. The summed E-state index contributed by atoms with van der Waals surface area (Å²) in [6, 6.07) is 0. The third-order valence-corrected chi connectivity index (χ3v) is 5.58. The zero-order chi connectivity index (χ0) is 15.0. The topological polar surface area (TPSA) is 55.1 Å². The van der Waals surface area contributed by atoms with Crippen molar-refractivity contribution in [3.8, 4) is 0 Å². The first kappa shape index (κ1) is 14.9. The Hall–Kier alpha value is -1.03. The fraction of sp³-hybridized carbons (Fsp3) is 0.706. The summed E-state index contributed by atoms with van der Waals surface area (Å²) in [7, 11) is 0. The van der Waals surface area contributed by atoms with Gasteiger partial charge < -0.3 is 11.1 Å². The highest BCUT2D eigenvalue weighted by molar-refractivity contribution is 7.18. The Balaban J connectivity index is 1.72. The number of rotatable bonds is 8. The van der Waals surface area contributed by atoms with E-state index in [4.69, 9.17) is 5.73 Å². The number of nitrogens with one attached hydrogen (secondary N) is 1. The SMILES string of the molecule is CC(C)CCCNc1sc(C(=O)C2CC2)c(N)c1C1CC1. The molecule has 0 unspecified atom stereocenters. The van der Waals surface area contributed by atoms with Crippen LogP contribution in [0.5, 0.6) is 0 Å². The van der Waals surface area contributed by atoms with Gasteiger partial charge in [-0.1, -0.05) is 13.8 Å². The van der Waals surface area contributed by atoms with E-state index < -0.39 is 0 Å². The molecule has 1 aromatic rings. The quantitative estimate of drug-likeness (QED) is 0.543. The van der Waals surface area contributed by atoms with Crippen molar-refractivity contribution in [2.75, 3.05) is 17.6 Å². The molecule has 0 aliphatic heterocycles. The predicted octanol–water partition coefficient (Wildman–Crippen LogP) is 4.65. The maximum absolute atomic E-state index is 12.4. The highest BCUT2D eigenvalue weighted by Crippen LogP contribution is 2.52. The van der Waals surface area contributed by atoms with Gasteiger partial charge in [0, 0.05) is 18.0 Å². The summed E-state index contributed by atoms with van der Waals surface area (Å²) in [6.07, 6.45) is 6.95. The Morgan fingerprint density at radius 2 is 2.05 bits per heavy atom. The normalized spacial score (nSPS) is 18.2. The molecule has 3 N–H and O–H groups in total. The number of hydrogen-bond acceptors (Lipinski definition) is 4. The molecule has 3 rings (SSSR count). The lowest BCUT2D eigenvalue weighted by Gasteiger charge is -2.08. The van der Waals surface area contributed by atoms with Crippen LogP contribution in [0.2, 0.25) is 0 Å². The molecule has 2 saturated carbocycles. The van der Waals surface area contributed by atoms with Crippen molar-refractivity contribution in [1.29, 1.82) is 0 Å². The first-order valence-corrected chi connectivity index (χ1v) is 9.09. The van der Waals surface area contributed by atoms with Crippen LogP contribution in [0.1, 0.15) is 73.5 Å². The van der Waals surface area contributed by atoms with Gasteiger partial charge in [-0.05, 0) is 50.4 Å². The molecule has 21 heavy (non-hydrogen) atoms. The van der Waals surface area contributed by atoms with E-state index in [1.165, 1.54) is 36.2 Å². The second-order valence-corrected chi connectivity index (χ2v) is 7.98. The van der Waals surface area contributed by atoms with Crippen molar-refractivity contribution >= 4 is 27.8 Å². The highest BCUT2D eigenvalue weighted by Gasteiger charge is 2.37. The number of ketones is 1. The average Bonchev–Trinajstić information content (AvgIpc) is 3.32. The fourth-order valence-corrected chi connectivity index (χ4v) is 4.04. The van der Waals surface area contributed by atoms with Crippen LogP contribution in [0.3, 0.4) is 0 Å². The van der Waals surface area contributed by atoms with E-state index in [2.05, 4.69) is 19.2 Å². The maximum Gasteiger partial charge on any atom is 0.178 e. The molecule has 0 atom stereocenters. The summed E-state index contributed by atoms with van der Waals surface area (Å²) < 4.78 is 0. The molecule has 0 spiro atoms. The highest BCUT2D eigenvalue weighted by atomic mass is 32.1. The fourth-order valence-electron chi connectivity index (χ4n) is 2.79. The van der Waals surface area contributed by atoms with Gasteiger partial charge >= 0.3 is 0 Å². The molecular weight excluding hydrogens is 280 g/mol. The number of carbonyl (C=O) groups is 1. The lowest BCUT2D eigenvalue weighted by Crippen LogP contribution is -2.04. The minimum absolute atomic E-state index is 0.256. The maximum atomic E-state index is 12.4. The third kappa shape index (κ3) is 3.42. The molecule has 2 aliphatic carbocycles. The number of hydrogen-bond donors (Lipinski definition) is 2. The van der Waals surface area contributed by atoms with Gasteiger partial charge in [-0.3, -0.25) is 4.79 Å². The first-order chi connectivity index (χ1) is 10.1. The Morgan fingerprint density at radius 3 is 2.62 bits per heavy atom. The van der Waals surface area contributed by atoms with Gasteiger partial charge in [0.2, 0.25) is 0 Å². The summed E-state index contributed by atoms with van der Waals surface area (Å²) in [4.78, 5) is 13.2. The molecule has 0 saturated heterocycles. The van der Waals surface area contributed by atoms with Gasteiger partial charge in [-0.15, -0.1) is 11.3 Å².